The first-order chi connectivity index (χ1) is 15.3. The number of ketones is 1. The average Bonchev–Trinajstić information content (AvgIpc) is 3.26. The predicted octanol–water partition coefficient (Wildman–Crippen LogP) is 4.22. The Morgan fingerprint density at radius 2 is 1.88 bits per heavy atom. The molecule has 0 radical (unpaired) electrons. The molecule has 1 aliphatic rings. The van der Waals surface area contributed by atoms with Gasteiger partial charge in [0.2, 0.25) is 5.78 Å². The number of benzene rings is 2. The molecule has 2 aromatic heterocycles. The number of pyridine rings is 1. The van der Waals surface area contributed by atoms with E-state index in [1.807, 2.05) is 30.3 Å². The second-order valence-corrected chi connectivity index (χ2v) is 8.69. The fourth-order valence-corrected chi connectivity index (χ4v) is 4.83. The van der Waals surface area contributed by atoms with Gasteiger partial charge in [0.25, 0.3) is 0 Å². The summed E-state index contributed by atoms with van der Waals surface area (Å²) in [6, 6.07) is 13.6. The molecule has 9 heteroatoms. The lowest BCUT2D eigenvalue weighted by Gasteiger charge is -2.07. The first-order valence-electron chi connectivity index (χ1n) is 9.63. The Morgan fingerprint density at radius 1 is 1.06 bits per heavy atom. The molecule has 1 aliphatic heterocycles. The summed E-state index contributed by atoms with van der Waals surface area (Å²) < 4.78 is 41.2. The number of para-hydroxylation sites is 1. The van der Waals surface area contributed by atoms with E-state index in [4.69, 9.17) is 13.4 Å². The van der Waals surface area contributed by atoms with Crippen LogP contribution >= 0.6 is 0 Å². The predicted molar refractivity (Wildman–Crippen MR) is 115 cm³/mol. The largest absolute Gasteiger partial charge is 0.452 e. The minimum absolute atomic E-state index is 0.00428. The minimum atomic E-state index is -4.17. The number of aryl methyl sites for hydroxylation is 2. The summed E-state index contributed by atoms with van der Waals surface area (Å²) in [4.78, 5) is 17.1. The number of hydrogen-bond acceptors (Lipinski definition) is 8. The van der Waals surface area contributed by atoms with Crippen molar-refractivity contribution in [2.45, 2.75) is 18.7 Å². The topological polar surface area (TPSA) is 109 Å². The van der Waals surface area contributed by atoms with E-state index in [-0.39, 0.29) is 39.4 Å². The van der Waals surface area contributed by atoms with Crippen molar-refractivity contribution >= 4 is 32.9 Å². The van der Waals surface area contributed by atoms with Crippen LogP contribution in [-0.2, 0) is 10.1 Å². The van der Waals surface area contributed by atoms with Crippen LogP contribution in [0.4, 0.5) is 0 Å². The van der Waals surface area contributed by atoms with Crippen molar-refractivity contribution in [3.63, 3.8) is 0 Å². The van der Waals surface area contributed by atoms with E-state index in [0.29, 0.717) is 5.56 Å². The van der Waals surface area contributed by atoms with E-state index in [0.717, 1.165) is 16.5 Å². The number of Topliss-reactive ketones (excluding diaryl/α,β-unsaturated/α-hetero) is 1. The molecule has 5 rings (SSSR count). The zero-order chi connectivity index (χ0) is 22.5. The third kappa shape index (κ3) is 3.32. The fraction of sp³-hybridized carbons (Fsp3) is 0.0870. The van der Waals surface area contributed by atoms with Crippen molar-refractivity contribution in [3.05, 3.63) is 83.1 Å². The Labute approximate surface area is 183 Å². The average molecular weight is 448 g/mol. The zero-order valence-corrected chi connectivity index (χ0v) is 17.8. The highest BCUT2D eigenvalue weighted by Gasteiger charge is 2.30. The van der Waals surface area contributed by atoms with Crippen LogP contribution in [0.5, 0.6) is 11.5 Å². The van der Waals surface area contributed by atoms with Crippen LogP contribution in [0.1, 0.15) is 27.4 Å². The van der Waals surface area contributed by atoms with E-state index in [1.54, 1.807) is 12.3 Å². The highest BCUT2D eigenvalue weighted by atomic mass is 32.2. The summed E-state index contributed by atoms with van der Waals surface area (Å²) in [6.07, 6.45) is 3.30. The van der Waals surface area contributed by atoms with Crippen molar-refractivity contribution in [2.24, 2.45) is 0 Å². The molecule has 0 amide bonds. The van der Waals surface area contributed by atoms with Gasteiger partial charge in [-0.15, -0.1) is 0 Å². The van der Waals surface area contributed by atoms with Gasteiger partial charge in [-0.3, -0.25) is 9.78 Å². The number of carbonyl (C=O) groups is 1. The van der Waals surface area contributed by atoms with Gasteiger partial charge >= 0.3 is 10.1 Å². The van der Waals surface area contributed by atoms with Crippen LogP contribution in [-0.4, -0.2) is 24.3 Å². The van der Waals surface area contributed by atoms with Crippen molar-refractivity contribution in [3.8, 4) is 11.5 Å². The van der Waals surface area contributed by atoms with Crippen molar-refractivity contribution < 1.29 is 26.7 Å². The summed E-state index contributed by atoms with van der Waals surface area (Å²) >= 11 is 0. The molecule has 0 bridgehead atoms. The number of carbonyl (C=O) groups excluding carboxylic acids is 1. The summed E-state index contributed by atoms with van der Waals surface area (Å²) in [7, 11) is -4.17. The number of aromatic nitrogens is 2. The van der Waals surface area contributed by atoms with Crippen LogP contribution in [0.15, 0.2) is 69.9 Å². The second kappa shape index (κ2) is 7.31. The van der Waals surface area contributed by atoms with Crippen LogP contribution in [0.2, 0.25) is 0 Å². The summed E-state index contributed by atoms with van der Waals surface area (Å²) in [5, 5.41) is 4.58. The van der Waals surface area contributed by atoms with Crippen LogP contribution in [0.25, 0.3) is 17.0 Å². The SMILES string of the molecule is Cc1noc(C)c1S(=O)(=O)Oc1ccc2c(c1)O/C(=C\c1cccc3cccnc13)C2=O. The molecule has 0 unspecified atom stereocenters. The number of hydrogen-bond donors (Lipinski definition) is 0. The van der Waals surface area contributed by atoms with E-state index in [2.05, 4.69) is 10.1 Å². The molecule has 4 aromatic rings. The van der Waals surface area contributed by atoms with Crippen LogP contribution < -0.4 is 8.92 Å². The minimum Gasteiger partial charge on any atom is -0.452 e. The summed E-state index contributed by atoms with van der Waals surface area (Å²) in [5.41, 5.74) is 1.98. The molecule has 3 heterocycles. The number of nitrogens with zero attached hydrogens (tertiary/aromatic N) is 2. The maximum Gasteiger partial charge on any atom is 0.344 e. The lowest BCUT2D eigenvalue weighted by Crippen LogP contribution is -2.11. The molecule has 0 aliphatic carbocycles. The maximum atomic E-state index is 12.8. The standard InChI is InChI=1S/C23H16N2O6S/c1-13-23(14(2)30-25-13)32(27,28)31-17-8-9-18-19(12-17)29-20(22(18)26)11-16-6-3-5-15-7-4-10-24-21(15)16/h3-12H,1-2H3/b20-11-. The lowest BCUT2D eigenvalue weighted by atomic mass is 10.1. The first-order valence-corrected chi connectivity index (χ1v) is 11.0. The van der Waals surface area contributed by atoms with Gasteiger partial charge in [0.05, 0.1) is 11.1 Å². The molecular weight excluding hydrogens is 432 g/mol. The first kappa shape index (κ1) is 20.0. The number of fused-ring (bicyclic) bond motifs is 2. The molecule has 32 heavy (non-hydrogen) atoms. The van der Waals surface area contributed by atoms with E-state index < -0.39 is 10.1 Å². The highest BCUT2D eigenvalue weighted by molar-refractivity contribution is 7.87. The van der Waals surface area contributed by atoms with Gasteiger partial charge in [0.15, 0.2) is 16.4 Å². The maximum absolute atomic E-state index is 12.8. The summed E-state index contributed by atoms with van der Waals surface area (Å²) in [5.74, 6) is 0.145. The van der Waals surface area contributed by atoms with Gasteiger partial charge in [-0.25, -0.2) is 0 Å². The van der Waals surface area contributed by atoms with E-state index in [9.17, 15) is 13.2 Å². The Kier molecular flexibility index (Phi) is 4.56. The zero-order valence-electron chi connectivity index (χ0n) is 17.0. The molecule has 0 atom stereocenters. The van der Waals surface area contributed by atoms with Crippen LogP contribution in [0, 0.1) is 13.8 Å². The molecule has 0 N–H and O–H groups in total. The molecule has 0 saturated carbocycles. The number of allylic oxidation sites excluding steroid dienone is 1. The number of ether oxygens (including phenoxy) is 1. The second-order valence-electron chi connectivity index (χ2n) is 7.21. The Balaban J connectivity index is 1.47. The molecule has 0 fully saturated rings. The van der Waals surface area contributed by atoms with Crippen molar-refractivity contribution in [2.75, 3.05) is 0 Å². The van der Waals surface area contributed by atoms with Gasteiger partial charge < -0.3 is 13.4 Å². The molecule has 2 aromatic carbocycles. The monoisotopic (exact) mass is 448 g/mol. The third-order valence-corrected chi connectivity index (χ3v) is 6.51. The van der Waals surface area contributed by atoms with Gasteiger partial charge in [-0.05, 0) is 38.1 Å². The smallest absolute Gasteiger partial charge is 0.344 e. The summed E-state index contributed by atoms with van der Waals surface area (Å²) in [6.45, 7) is 3.00. The normalized spacial score (nSPS) is 14.6. The molecular formula is C23H16N2O6S. The van der Waals surface area contributed by atoms with Crippen molar-refractivity contribution in [1.29, 1.82) is 0 Å². The molecule has 8 nitrogen and oxygen atoms in total. The van der Waals surface area contributed by atoms with Crippen molar-refractivity contribution in [1.82, 2.24) is 10.1 Å². The van der Waals surface area contributed by atoms with Gasteiger partial charge in [-0.1, -0.05) is 29.4 Å². The Morgan fingerprint density at radius 3 is 2.66 bits per heavy atom. The van der Waals surface area contributed by atoms with Gasteiger partial charge in [-0.2, -0.15) is 8.42 Å². The highest BCUT2D eigenvalue weighted by Crippen LogP contribution is 2.36. The van der Waals surface area contributed by atoms with E-state index in [1.165, 1.54) is 32.0 Å². The van der Waals surface area contributed by atoms with Crippen LogP contribution in [0.3, 0.4) is 0 Å². The Hall–Kier alpha value is -3.98. The number of rotatable bonds is 4. The van der Waals surface area contributed by atoms with Gasteiger partial charge in [0.1, 0.15) is 17.2 Å². The lowest BCUT2D eigenvalue weighted by molar-refractivity contribution is 0.101. The fourth-order valence-electron chi connectivity index (χ4n) is 3.60. The molecule has 0 saturated heterocycles. The van der Waals surface area contributed by atoms with Gasteiger partial charge in [0, 0.05) is 23.2 Å². The molecule has 160 valence electrons. The Bertz CT molecular complexity index is 1510. The third-order valence-electron chi connectivity index (χ3n) is 5.02. The molecule has 0 spiro atoms. The van der Waals surface area contributed by atoms with E-state index >= 15 is 0 Å². The quantitative estimate of drug-likeness (QED) is 0.337.